The molecule has 7 nitrogen and oxygen atoms in total. The Bertz CT molecular complexity index is 1030. The van der Waals surface area contributed by atoms with E-state index in [0.29, 0.717) is 23.9 Å². The van der Waals surface area contributed by atoms with Crippen LogP contribution in [0.25, 0.3) is 0 Å². The van der Waals surface area contributed by atoms with Crippen molar-refractivity contribution in [3.8, 4) is 11.5 Å². The van der Waals surface area contributed by atoms with Gasteiger partial charge in [0.2, 0.25) is 6.79 Å². The minimum Gasteiger partial charge on any atom is -0.454 e. The molecule has 0 saturated heterocycles. The minimum atomic E-state index is -0.272. The first-order valence-corrected chi connectivity index (χ1v) is 9.49. The highest BCUT2D eigenvalue weighted by molar-refractivity contribution is 6.03. The van der Waals surface area contributed by atoms with Crippen molar-refractivity contribution in [3.05, 3.63) is 71.2 Å². The topological polar surface area (TPSA) is 85.4 Å². The number of carbonyl (C=O) groups excluding carboxylic acids is 1. The van der Waals surface area contributed by atoms with Crippen molar-refractivity contribution in [2.45, 2.75) is 26.8 Å². The molecule has 0 bridgehead atoms. The van der Waals surface area contributed by atoms with Gasteiger partial charge in [-0.25, -0.2) is 9.97 Å². The van der Waals surface area contributed by atoms with Crippen LogP contribution >= 0.6 is 0 Å². The highest BCUT2D eigenvalue weighted by Gasteiger charge is 2.14. The fraction of sp³-hybridized carbons (Fsp3) is 0.227. The molecule has 1 aliphatic heterocycles. The van der Waals surface area contributed by atoms with E-state index in [1.54, 1.807) is 13.0 Å². The zero-order valence-corrected chi connectivity index (χ0v) is 16.4. The molecule has 2 heterocycles. The van der Waals surface area contributed by atoms with Crippen molar-refractivity contribution < 1.29 is 14.3 Å². The summed E-state index contributed by atoms with van der Waals surface area (Å²) in [7, 11) is 0. The lowest BCUT2D eigenvalue weighted by Gasteiger charge is -2.10. The standard InChI is InChI=1S/C22H22N4O3/c1-3-15-4-7-17(8-5-15)26-22(27)18-11-21(25-14(2)24-18)23-12-16-6-9-19-20(10-16)29-13-28-19/h4-11H,3,12-13H2,1-2H3,(H,26,27)(H,23,24,25). The van der Waals surface area contributed by atoms with Gasteiger partial charge in [0.25, 0.3) is 5.91 Å². The zero-order valence-electron chi connectivity index (χ0n) is 16.4. The van der Waals surface area contributed by atoms with Crippen LogP contribution in [0, 0.1) is 6.92 Å². The number of amides is 1. The summed E-state index contributed by atoms with van der Waals surface area (Å²) in [5.74, 6) is 2.31. The molecule has 1 aliphatic rings. The van der Waals surface area contributed by atoms with E-state index in [-0.39, 0.29) is 12.7 Å². The SMILES string of the molecule is CCc1ccc(NC(=O)c2cc(NCc3ccc4c(c3)OCO4)nc(C)n2)cc1. The predicted octanol–water partition coefficient (Wildman–Crippen LogP) is 3.94. The smallest absolute Gasteiger partial charge is 0.274 e. The number of aryl methyl sites for hydroxylation is 2. The Morgan fingerprint density at radius 1 is 1.00 bits per heavy atom. The third-order valence-corrected chi connectivity index (χ3v) is 4.60. The monoisotopic (exact) mass is 390 g/mol. The third kappa shape index (κ3) is 4.45. The lowest BCUT2D eigenvalue weighted by molar-refractivity contribution is 0.102. The summed E-state index contributed by atoms with van der Waals surface area (Å²) in [6.07, 6.45) is 0.956. The molecule has 1 amide bonds. The lowest BCUT2D eigenvalue weighted by atomic mass is 10.1. The van der Waals surface area contributed by atoms with Crippen molar-refractivity contribution >= 4 is 17.4 Å². The minimum absolute atomic E-state index is 0.247. The van der Waals surface area contributed by atoms with Crippen molar-refractivity contribution in [1.29, 1.82) is 0 Å². The molecule has 4 rings (SSSR count). The lowest BCUT2D eigenvalue weighted by Crippen LogP contribution is -2.16. The average molecular weight is 390 g/mol. The largest absolute Gasteiger partial charge is 0.454 e. The quantitative estimate of drug-likeness (QED) is 0.663. The number of fused-ring (bicyclic) bond motifs is 1. The Morgan fingerprint density at radius 2 is 1.76 bits per heavy atom. The molecule has 0 aliphatic carbocycles. The molecule has 0 fully saturated rings. The van der Waals surface area contributed by atoms with Crippen LogP contribution in [0.1, 0.15) is 34.4 Å². The third-order valence-electron chi connectivity index (χ3n) is 4.60. The number of rotatable bonds is 6. The second kappa shape index (κ2) is 8.18. The maximum Gasteiger partial charge on any atom is 0.274 e. The van der Waals surface area contributed by atoms with Gasteiger partial charge in [0.05, 0.1) is 0 Å². The first kappa shape index (κ1) is 18.7. The number of ether oxygens (including phenoxy) is 2. The Hall–Kier alpha value is -3.61. The summed E-state index contributed by atoms with van der Waals surface area (Å²) in [5.41, 5.74) is 3.28. The average Bonchev–Trinajstić information content (AvgIpc) is 3.20. The second-order valence-corrected chi connectivity index (χ2v) is 6.73. The Morgan fingerprint density at radius 3 is 2.55 bits per heavy atom. The summed E-state index contributed by atoms with van der Waals surface area (Å²) in [4.78, 5) is 21.3. The van der Waals surface area contributed by atoms with Crippen LogP contribution in [0.2, 0.25) is 0 Å². The molecule has 0 unspecified atom stereocenters. The highest BCUT2D eigenvalue weighted by Crippen LogP contribution is 2.32. The molecule has 29 heavy (non-hydrogen) atoms. The van der Waals surface area contributed by atoms with Gasteiger partial charge in [-0.2, -0.15) is 0 Å². The molecule has 0 saturated carbocycles. The van der Waals surface area contributed by atoms with Crippen LogP contribution in [-0.4, -0.2) is 22.7 Å². The summed E-state index contributed by atoms with van der Waals surface area (Å²) >= 11 is 0. The molecule has 7 heteroatoms. The summed E-state index contributed by atoms with van der Waals surface area (Å²) in [6.45, 7) is 4.64. The number of anilines is 2. The Balaban J connectivity index is 1.44. The Kier molecular flexibility index (Phi) is 5.29. The van der Waals surface area contributed by atoms with Crippen molar-refractivity contribution in [2.75, 3.05) is 17.4 Å². The molecular weight excluding hydrogens is 368 g/mol. The van der Waals surface area contributed by atoms with Gasteiger partial charge >= 0.3 is 0 Å². The van der Waals surface area contributed by atoms with Gasteiger partial charge in [-0.05, 0) is 48.7 Å². The fourth-order valence-corrected chi connectivity index (χ4v) is 3.04. The molecular formula is C22H22N4O3. The molecule has 0 atom stereocenters. The second-order valence-electron chi connectivity index (χ2n) is 6.73. The molecule has 1 aromatic heterocycles. The van der Waals surface area contributed by atoms with E-state index in [4.69, 9.17) is 9.47 Å². The van der Waals surface area contributed by atoms with Gasteiger partial charge in [-0.1, -0.05) is 25.1 Å². The van der Waals surface area contributed by atoms with Crippen molar-refractivity contribution in [3.63, 3.8) is 0 Å². The van der Waals surface area contributed by atoms with Gasteiger partial charge < -0.3 is 20.1 Å². The maximum atomic E-state index is 12.6. The van der Waals surface area contributed by atoms with Gasteiger partial charge in [0.15, 0.2) is 11.5 Å². The maximum absolute atomic E-state index is 12.6. The van der Waals surface area contributed by atoms with Crippen molar-refractivity contribution in [2.24, 2.45) is 0 Å². The fourth-order valence-electron chi connectivity index (χ4n) is 3.04. The van der Waals surface area contributed by atoms with E-state index in [1.165, 1.54) is 5.56 Å². The van der Waals surface area contributed by atoms with Gasteiger partial charge in [0, 0.05) is 18.3 Å². The number of nitrogens with one attached hydrogen (secondary N) is 2. The van der Waals surface area contributed by atoms with Gasteiger partial charge in [-0.15, -0.1) is 0 Å². The number of hydrogen-bond donors (Lipinski definition) is 2. The number of nitrogens with zero attached hydrogens (tertiary/aromatic N) is 2. The molecule has 3 aromatic rings. The zero-order chi connectivity index (χ0) is 20.2. The molecule has 148 valence electrons. The van der Waals surface area contributed by atoms with Crippen LogP contribution in [0.5, 0.6) is 11.5 Å². The first-order valence-electron chi connectivity index (χ1n) is 9.49. The van der Waals surface area contributed by atoms with Crippen molar-refractivity contribution in [1.82, 2.24) is 9.97 Å². The van der Waals surface area contributed by atoms with E-state index in [0.717, 1.165) is 29.2 Å². The number of benzene rings is 2. The van der Waals surface area contributed by atoms with Crippen LogP contribution < -0.4 is 20.1 Å². The first-order chi connectivity index (χ1) is 14.1. The normalized spacial score (nSPS) is 11.9. The number of aromatic nitrogens is 2. The summed E-state index contributed by atoms with van der Waals surface area (Å²) < 4.78 is 10.7. The van der Waals surface area contributed by atoms with Crippen LogP contribution in [-0.2, 0) is 13.0 Å². The van der Waals surface area contributed by atoms with E-state index in [1.807, 2.05) is 42.5 Å². The summed E-state index contributed by atoms with van der Waals surface area (Å²) in [5, 5.41) is 6.12. The Labute approximate surface area is 169 Å². The molecule has 2 N–H and O–H groups in total. The molecule has 2 aromatic carbocycles. The van der Waals surface area contributed by atoms with E-state index >= 15 is 0 Å². The molecule has 0 spiro atoms. The van der Waals surface area contributed by atoms with Crippen LogP contribution in [0.3, 0.4) is 0 Å². The van der Waals surface area contributed by atoms with Crippen LogP contribution in [0.4, 0.5) is 11.5 Å². The number of hydrogen-bond acceptors (Lipinski definition) is 6. The van der Waals surface area contributed by atoms with Gasteiger partial charge in [-0.3, -0.25) is 4.79 Å². The predicted molar refractivity (Wildman–Crippen MR) is 110 cm³/mol. The summed E-state index contributed by atoms with van der Waals surface area (Å²) in [6, 6.07) is 15.2. The van der Waals surface area contributed by atoms with E-state index < -0.39 is 0 Å². The molecule has 0 radical (unpaired) electrons. The van der Waals surface area contributed by atoms with E-state index in [2.05, 4.69) is 27.5 Å². The van der Waals surface area contributed by atoms with Crippen LogP contribution in [0.15, 0.2) is 48.5 Å². The highest BCUT2D eigenvalue weighted by atomic mass is 16.7. The van der Waals surface area contributed by atoms with E-state index in [9.17, 15) is 4.79 Å². The number of carbonyl (C=O) groups is 1. The van der Waals surface area contributed by atoms with Gasteiger partial charge in [0.1, 0.15) is 17.3 Å².